The van der Waals surface area contributed by atoms with Crippen LogP contribution in [0.2, 0.25) is 0 Å². The molecule has 0 fully saturated rings. The molecule has 0 amide bonds. The van der Waals surface area contributed by atoms with Crippen molar-refractivity contribution in [1.82, 2.24) is 4.98 Å². The minimum absolute atomic E-state index is 0.281. The summed E-state index contributed by atoms with van der Waals surface area (Å²) < 4.78 is 0.856. The number of aliphatic hydroxyl groups is 1. The molecule has 0 saturated carbocycles. The van der Waals surface area contributed by atoms with Gasteiger partial charge in [-0.25, -0.2) is 4.98 Å². The Morgan fingerprint density at radius 1 is 1.36 bits per heavy atom. The lowest BCUT2D eigenvalue weighted by Gasteiger charge is -1.94. The number of allylic oxidation sites excluding steroid dienone is 1. The topological polar surface area (TPSA) is 33.1 Å². The fourth-order valence-electron chi connectivity index (χ4n) is 1.09. The molecular weight excluding hydrogens is 242 g/mol. The van der Waals surface area contributed by atoms with Crippen LogP contribution < -0.4 is 0 Å². The van der Waals surface area contributed by atoms with E-state index in [-0.39, 0.29) is 6.61 Å². The average molecular weight is 256 g/mol. The number of unbranched alkanes of at least 4 members (excludes halogenated alkanes) is 2. The van der Waals surface area contributed by atoms with E-state index in [9.17, 15) is 0 Å². The zero-order valence-corrected chi connectivity index (χ0v) is 9.57. The van der Waals surface area contributed by atoms with E-state index in [4.69, 9.17) is 5.11 Å². The Kier molecular flexibility index (Phi) is 5.49. The highest BCUT2D eigenvalue weighted by Crippen LogP contribution is 2.08. The summed E-state index contributed by atoms with van der Waals surface area (Å²) in [5, 5.41) is 8.58. The molecule has 0 bridgehead atoms. The lowest BCUT2D eigenvalue weighted by molar-refractivity contribution is 0.285. The molecular formula is C11H14BrNO. The Morgan fingerprint density at radius 2 is 2.21 bits per heavy atom. The molecule has 14 heavy (non-hydrogen) atoms. The Balaban J connectivity index is 2.36. The van der Waals surface area contributed by atoms with Gasteiger partial charge in [0.1, 0.15) is 4.60 Å². The first-order valence-electron chi connectivity index (χ1n) is 4.73. The molecule has 0 radical (unpaired) electrons. The van der Waals surface area contributed by atoms with Gasteiger partial charge in [0, 0.05) is 6.61 Å². The first-order valence-corrected chi connectivity index (χ1v) is 5.52. The highest BCUT2D eigenvalue weighted by atomic mass is 79.9. The molecule has 2 nitrogen and oxygen atoms in total. The maximum atomic E-state index is 8.58. The molecule has 0 aliphatic heterocycles. The number of hydrogen-bond donors (Lipinski definition) is 1. The van der Waals surface area contributed by atoms with Crippen molar-refractivity contribution in [3.63, 3.8) is 0 Å². The molecule has 1 N–H and O–H groups in total. The van der Waals surface area contributed by atoms with Gasteiger partial charge < -0.3 is 5.11 Å². The summed E-state index contributed by atoms with van der Waals surface area (Å²) in [5.74, 6) is 0. The molecule has 1 rings (SSSR count). The van der Waals surface area contributed by atoms with Gasteiger partial charge in [-0.3, -0.25) is 0 Å². The summed E-state index contributed by atoms with van der Waals surface area (Å²) in [4.78, 5) is 4.27. The van der Waals surface area contributed by atoms with Crippen LogP contribution in [0.4, 0.5) is 0 Å². The lowest BCUT2D eigenvalue weighted by atomic mass is 10.2. The number of nitrogens with zero attached hydrogens (tertiary/aromatic N) is 1. The van der Waals surface area contributed by atoms with Crippen LogP contribution in [0.15, 0.2) is 28.9 Å². The first-order chi connectivity index (χ1) is 6.83. The summed E-state index contributed by atoms with van der Waals surface area (Å²) in [6, 6.07) is 5.83. The third-order valence-corrected chi connectivity index (χ3v) is 2.25. The SMILES string of the molecule is OCCCC/C=C\c1cccc(Br)n1. The summed E-state index contributed by atoms with van der Waals surface area (Å²) in [5.41, 5.74) is 0.961. The van der Waals surface area contributed by atoms with Crippen LogP contribution in [-0.2, 0) is 0 Å². The van der Waals surface area contributed by atoms with Crippen molar-refractivity contribution in [3.05, 3.63) is 34.6 Å². The Labute approximate surface area is 92.8 Å². The predicted molar refractivity (Wildman–Crippen MR) is 61.9 cm³/mol. The van der Waals surface area contributed by atoms with Crippen LogP contribution in [0.3, 0.4) is 0 Å². The zero-order valence-electron chi connectivity index (χ0n) is 7.99. The van der Waals surface area contributed by atoms with E-state index in [2.05, 4.69) is 27.0 Å². The number of hydrogen-bond acceptors (Lipinski definition) is 2. The van der Waals surface area contributed by atoms with Gasteiger partial charge in [-0.15, -0.1) is 0 Å². The second kappa shape index (κ2) is 6.74. The second-order valence-corrected chi connectivity index (χ2v) is 3.82. The van der Waals surface area contributed by atoms with Gasteiger partial charge in [0.2, 0.25) is 0 Å². The van der Waals surface area contributed by atoms with E-state index in [1.165, 1.54) is 0 Å². The van der Waals surface area contributed by atoms with Crippen molar-refractivity contribution >= 4 is 22.0 Å². The fourth-order valence-corrected chi connectivity index (χ4v) is 1.45. The Hall–Kier alpha value is -0.670. The third-order valence-electron chi connectivity index (χ3n) is 1.80. The van der Waals surface area contributed by atoms with E-state index in [0.29, 0.717) is 0 Å². The van der Waals surface area contributed by atoms with Crippen molar-refractivity contribution < 1.29 is 5.11 Å². The second-order valence-electron chi connectivity index (χ2n) is 3.01. The molecule has 1 aromatic heterocycles. The maximum absolute atomic E-state index is 8.58. The van der Waals surface area contributed by atoms with E-state index in [1.54, 1.807) is 0 Å². The molecule has 76 valence electrons. The number of pyridine rings is 1. The summed E-state index contributed by atoms with van der Waals surface area (Å²) in [6.07, 6.45) is 6.98. The monoisotopic (exact) mass is 255 g/mol. The van der Waals surface area contributed by atoms with Crippen LogP contribution in [0, 0.1) is 0 Å². The van der Waals surface area contributed by atoms with Gasteiger partial charge in [0.25, 0.3) is 0 Å². The zero-order chi connectivity index (χ0) is 10.2. The summed E-state index contributed by atoms with van der Waals surface area (Å²) in [7, 11) is 0. The standard InChI is InChI=1S/C11H14BrNO/c12-11-8-5-7-10(13-11)6-3-1-2-4-9-14/h3,5-8,14H,1-2,4,9H2/b6-3-. The van der Waals surface area contributed by atoms with E-state index >= 15 is 0 Å². The van der Waals surface area contributed by atoms with Crippen molar-refractivity contribution in [2.24, 2.45) is 0 Å². The van der Waals surface area contributed by atoms with Crippen molar-refractivity contribution in [3.8, 4) is 0 Å². The van der Waals surface area contributed by atoms with Crippen LogP contribution in [0.1, 0.15) is 25.0 Å². The smallest absolute Gasteiger partial charge is 0.106 e. The van der Waals surface area contributed by atoms with Crippen molar-refractivity contribution in [2.45, 2.75) is 19.3 Å². The molecule has 0 spiro atoms. The van der Waals surface area contributed by atoms with E-state index in [0.717, 1.165) is 29.6 Å². The minimum atomic E-state index is 0.281. The molecule has 0 saturated heterocycles. The largest absolute Gasteiger partial charge is 0.396 e. The molecule has 0 aliphatic carbocycles. The molecule has 1 aromatic rings. The van der Waals surface area contributed by atoms with Gasteiger partial charge in [0.05, 0.1) is 5.69 Å². The molecule has 3 heteroatoms. The molecule has 1 heterocycles. The van der Waals surface area contributed by atoms with Crippen molar-refractivity contribution in [2.75, 3.05) is 6.61 Å². The average Bonchev–Trinajstić information content (AvgIpc) is 2.18. The van der Waals surface area contributed by atoms with Gasteiger partial charge in [-0.2, -0.15) is 0 Å². The van der Waals surface area contributed by atoms with Gasteiger partial charge in [-0.1, -0.05) is 12.1 Å². The number of rotatable bonds is 5. The van der Waals surface area contributed by atoms with Gasteiger partial charge in [-0.05, 0) is 53.4 Å². The third kappa shape index (κ3) is 4.53. The summed E-state index contributed by atoms with van der Waals surface area (Å²) >= 11 is 3.32. The predicted octanol–water partition coefficient (Wildman–Crippen LogP) is 3.02. The number of aromatic nitrogens is 1. The van der Waals surface area contributed by atoms with E-state index in [1.807, 2.05) is 24.3 Å². The van der Waals surface area contributed by atoms with Crippen LogP contribution in [0.5, 0.6) is 0 Å². The van der Waals surface area contributed by atoms with Crippen molar-refractivity contribution in [1.29, 1.82) is 0 Å². The first kappa shape index (κ1) is 11.4. The van der Waals surface area contributed by atoms with E-state index < -0.39 is 0 Å². The lowest BCUT2D eigenvalue weighted by Crippen LogP contribution is -1.82. The van der Waals surface area contributed by atoms with Crippen LogP contribution >= 0.6 is 15.9 Å². The van der Waals surface area contributed by atoms with Gasteiger partial charge >= 0.3 is 0 Å². The quantitative estimate of drug-likeness (QED) is 0.648. The van der Waals surface area contributed by atoms with Gasteiger partial charge in [0.15, 0.2) is 0 Å². The summed E-state index contributed by atoms with van der Waals surface area (Å²) in [6.45, 7) is 0.281. The number of halogens is 1. The normalized spacial score (nSPS) is 11.0. The minimum Gasteiger partial charge on any atom is -0.396 e. The Morgan fingerprint density at radius 3 is 2.93 bits per heavy atom. The highest BCUT2D eigenvalue weighted by molar-refractivity contribution is 9.10. The molecule has 0 aromatic carbocycles. The molecule has 0 unspecified atom stereocenters. The molecule has 0 aliphatic rings. The molecule has 0 atom stereocenters. The van der Waals surface area contributed by atoms with Crippen LogP contribution in [-0.4, -0.2) is 16.7 Å². The Bertz CT molecular complexity index is 299. The number of aliphatic hydroxyl groups excluding tert-OH is 1. The highest BCUT2D eigenvalue weighted by Gasteiger charge is 1.89. The maximum Gasteiger partial charge on any atom is 0.106 e. The van der Waals surface area contributed by atoms with Crippen LogP contribution in [0.25, 0.3) is 6.08 Å². The fraction of sp³-hybridized carbons (Fsp3) is 0.364.